The number of rotatable bonds is 5. The second kappa shape index (κ2) is 7.29. The van der Waals surface area contributed by atoms with Crippen LogP contribution < -0.4 is 4.74 Å². The van der Waals surface area contributed by atoms with E-state index in [4.69, 9.17) is 9.47 Å². The predicted octanol–water partition coefficient (Wildman–Crippen LogP) is 3.16. The van der Waals surface area contributed by atoms with E-state index in [1.165, 1.54) is 0 Å². The number of halogens is 1. The summed E-state index contributed by atoms with van der Waals surface area (Å²) in [6, 6.07) is 3.85. The smallest absolute Gasteiger partial charge is 0.172 e. The Labute approximate surface area is 128 Å². The van der Waals surface area contributed by atoms with Crippen LogP contribution in [-0.2, 0) is 11.3 Å². The molecular formula is C15H22BrNO3. The number of benzene rings is 1. The Hall–Kier alpha value is -0.780. The fourth-order valence-corrected chi connectivity index (χ4v) is 3.09. The number of phenolic OH excluding ortho intramolecular Hbond substituents is 1. The molecule has 1 fully saturated rings. The van der Waals surface area contributed by atoms with Crippen molar-refractivity contribution in [3.8, 4) is 11.5 Å². The van der Waals surface area contributed by atoms with Gasteiger partial charge in [-0.2, -0.15) is 0 Å². The molecule has 2 rings (SSSR count). The first-order chi connectivity index (χ1) is 9.63. The van der Waals surface area contributed by atoms with Gasteiger partial charge in [-0.15, -0.1) is 0 Å². The summed E-state index contributed by atoms with van der Waals surface area (Å²) in [6.45, 7) is 5.81. The topological polar surface area (TPSA) is 41.9 Å². The molecule has 1 N–H and O–H groups in total. The minimum Gasteiger partial charge on any atom is -0.503 e. The lowest BCUT2D eigenvalue weighted by Gasteiger charge is -2.31. The van der Waals surface area contributed by atoms with E-state index in [2.05, 4.69) is 20.8 Å². The van der Waals surface area contributed by atoms with E-state index in [-0.39, 0.29) is 5.75 Å². The SMILES string of the molecule is CCOC1CCN(Cc2cc(Br)c(O)c(OC)c2)CC1. The third kappa shape index (κ3) is 3.87. The zero-order chi connectivity index (χ0) is 14.5. The minimum atomic E-state index is 0.159. The molecule has 4 nitrogen and oxygen atoms in total. The minimum absolute atomic E-state index is 0.159. The lowest BCUT2D eigenvalue weighted by atomic mass is 10.1. The number of likely N-dealkylation sites (tertiary alicyclic amines) is 1. The quantitative estimate of drug-likeness (QED) is 0.891. The van der Waals surface area contributed by atoms with Crippen LogP contribution >= 0.6 is 15.9 Å². The summed E-state index contributed by atoms with van der Waals surface area (Å²) in [5.41, 5.74) is 1.14. The Morgan fingerprint density at radius 1 is 1.35 bits per heavy atom. The van der Waals surface area contributed by atoms with Gasteiger partial charge < -0.3 is 14.6 Å². The molecule has 1 aromatic carbocycles. The average Bonchev–Trinajstić information content (AvgIpc) is 2.45. The Kier molecular flexibility index (Phi) is 5.69. The summed E-state index contributed by atoms with van der Waals surface area (Å²) in [7, 11) is 1.57. The maximum absolute atomic E-state index is 9.82. The van der Waals surface area contributed by atoms with Gasteiger partial charge in [0.25, 0.3) is 0 Å². The van der Waals surface area contributed by atoms with Gasteiger partial charge in [-0.25, -0.2) is 0 Å². The molecule has 1 saturated heterocycles. The van der Waals surface area contributed by atoms with E-state index in [0.29, 0.717) is 16.3 Å². The fourth-order valence-electron chi connectivity index (χ4n) is 2.60. The number of methoxy groups -OCH3 is 1. The molecule has 0 bridgehead atoms. The van der Waals surface area contributed by atoms with Crippen molar-refractivity contribution in [3.63, 3.8) is 0 Å². The van der Waals surface area contributed by atoms with Crippen molar-refractivity contribution < 1.29 is 14.6 Å². The summed E-state index contributed by atoms with van der Waals surface area (Å²) in [5.74, 6) is 0.671. The van der Waals surface area contributed by atoms with Gasteiger partial charge in [-0.3, -0.25) is 4.90 Å². The summed E-state index contributed by atoms with van der Waals surface area (Å²) in [5, 5.41) is 9.82. The lowest BCUT2D eigenvalue weighted by molar-refractivity contribution is 0.0125. The molecule has 0 spiro atoms. The van der Waals surface area contributed by atoms with Gasteiger partial charge in [0.1, 0.15) is 0 Å². The highest BCUT2D eigenvalue weighted by Gasteiger charge is 2.20. The van der Waals surface area contributed by atoms with Gasteiger partial charge in [-0.05, 0) is 53.4 Å². The van der Waals surface area contributed by atoms with E-state index in [9.17, 15) is 5.11 Å². The summed E-state index contributed by atoms with van der Waals surface area (Å²) in [6.07, 6.45) is 2.59. The Morgan fingerprint density at radius 3 is 2.65 bits per heavy atom. The van der Waals surface area contributed by atoms with Gasteiger partial charge in [0.15, 0.2) is 11.5 Å². The standard InChI is InChI=1S/C15H22BrNO3/c1-3-20-12-4-6-17(7-5-12)10-11-8-13(16)15(18)14(9-11)19-2/h8-9,12,18H,3-7,10H2,1-2H3. The molecule has 1 aliphatic heterocycles. The normalized spacial score (nSPS) is 17.4. The van der Waals surface area contributed by atoms with Gasteiger partial charge in [0.05, 0.1) is 17.7 Å². The predicted molar refractivity (Wildman–Crippen MR) is 82.3 cm³/mol. The molecule has 1 heterocycles. The van der Waals surface area contributed by atoms with Crippen molar-refractivity contribution in [2.75, 3.05) is 26.8 Å². The van der Waals surface area contributed by atoms with Crippen LogP contribution in [0.1, 0.15) is 25.3 Å². The molecule has 1 aromatic rings. The van der Waals surface area contributed by atoms with Crippen LogP contribution in [0.3, 0.4) is 0 Å². The van der Waals surface area contributed by atoms with Crippen molar-refractivity contribution in [2.45, 2.75) is 32.4 Å². The average molecular weight is 344 g/mol. The monoisotopic (exact) mass is 343 g/mol. The Bertz CT molecular complexity index is 445. The molecule has 112 valence electrons. The van der Waals surface area contributed by atoms with Crippen LogP contribution in [0.2, 0.25) is 0 Å². The summed E-state index contributed by atoms with van der Waals surface area (Å²) in [4.78, 5) is 2.41. The second-order valence-corrected chi connectivity index (χ2v) is 5.91. The number of hydrogen-bond acceptors (Lipinski definition) is 4. The lowest BCUT2D eigenvalue weighted by Crippen LogP contribution is -2.36. The van der Waals surface area contributed by atoms with E-state index < -0.39 is 0 Å². The molecule has 1 aliphatic rings. The third-order valence-electron chi connectivity index (χ3n) is 3.65. The molecule has 0 amide bonds. The summed E-state index contributed by atoms with van der Waals surface area (Å²) >= 11 is 3.36. The molecule has 0 atom stereocenters. The Balaban J connectivity index is 1.96. The van der Waals surface area contributed by atoms with Crippen LogP contribution in [0.5, 0.6) is 11.5 Å². The Morgan fingerprint density at radius 2 is 2.05 bits per heavy atom. The summed E-state index contributed by atoms with van der Waals surface area (Å²) < 4.78 is 11.5. The maximum atomic E-state index is 9.82. The molecular weight excluding hydrogens is 322 g/mol. The van der Waals surface area contributed by atoms with Gasteiger partial charge >= 0.3 is 0 Å². The van der Waals surface area contributed by atoms with Crippen LogP contribution in [0.15, 0.2) is 16.6 Å². The van der Waals surface area contributed by atoms with Crippen molar-refractivity contribution >= 4 is 15.9 Å². The number of nitrogens with zero attached hydrogens (tertiary/aromatic N) is 1. The van der Waals surface area contributed by atoms with Crippen molar-refractivity contribution in [1.82, 2.24) is 4.90 Å². The molecule has 5 heteroatoms. The van der Waals surface area contributed by atoms with Crippen LogP contribution in [0.25, 0.3) is 0 Å². The molecule has 0 aliphatic carbocycles. The molecule has 0 unspecified atom stereocenters. The van der Waals surface area contributed by atoms with E-state index in [1.807, 2.05) is 19.1 Å². The number of hydrogen-bond donors (Lipinski definition) is 1. The maximum Gasteiger partial charge on any atom is 0.172 e. The van der Waals surface area contributed by atoms with Gasteiger partial charge in [0, 0.05) is 26.2 Å². The molecule has 20 heavy (non-hydrogen) atoms. The second-order valence-electron chi connectivity index (χ2n) is 5.06. The fraction of sp³-hybridized carbons (Fsp3) is 0.600. The van der Waals surface area contributed by atoms with E-state index in [1.54, 1.807) is 7.11 Å². The first-order valence-electron chi connectivity index (χ1n) is 7.03. The first kappa shape index (κ1) is 15.6. The highest BCUT2D eigenvalue weighted by atomic mass is 79.9. The van der Waals surface area contributed by atoms with Crippen molar-refractivity contribution in [2.24, 2.45) is 0 Å². The third-order valence-corrected chi connectivity index (χ3v) is 4.26. The molecule has 0 radical (unpaired) electrons. The molecule has 0 aromatic heterocycles. The number of piperidine rings is 1. The zero-order valence-electron chi connectivity index (χ0n) is 12.1. The van der Waals surface area contributed by atoms with Gasteiger partial charge in [-0.1, -0.05) is 0 Å². The van der Waals surface area contributed by atoms with Crippen LogP contribution in [-0.4, -0.2) is 42.9 Å². The van der Waals surface area contributed by atoms with E-state index in [0.717, 1.165) is 44.6 Å². The van der Waals surface area contributed by atoms with Crippen LogP contribution in [0, 0.1) is 0 Å². The highest BCUT2D eigenvalue weighted by molar-refractivity contribution is 9.10. The highest BCUT2D eigenvalue weighted by Crippen LogP contribution is 2.35. The molecule has 0 saturated carbocycles. The number of phenols is 1. The van der Waals surface area contributed by atoms with Crippen molar-refractivity contribution in [3.05, 3.63) is 22.2 Å². The van der Waals surface area contributed by atoms with Crippen LogP contribution in [0.4, 0.5) is 0 Å². The first-order valence-corrected chi connectivity index (χ1v) is 7.82. The largest absolute Gasteiger partial charge is 0.503 e. The number of aromatic hydroxyl groups is 1. The zero-order valence-corrected chi connectivity index (χ0v) is 13.6. The van der Waals surface area contributed by atoms with Gasteiger partial charge in [0.2, 0.25) is 0 Å². The van der Waals surface area contributed by atoms with Crippen molar-refractivity contribution in [1.29, 1.82) is 0 Å². The van der Waals surface area contributed by atoms with E-state index >= 15 is 0 Å². The number of ether oxygens (including phenoxy) is 2.